The fourth-order valence-electron chi connectivity index (χ4n) is 10.6. The highest BCUT2D eigenvalue weighted by Gasteiger charge is 2.23. The summed E-state index contributed by atoms with van der Waals surface area (Å²) in [6, 6.07) is 86.9. The first kappa shape index (κ1) is 38.2. The molecule has 0 bridgehead atoms. The average molecular weight is 869 g/mol. The van der Waals surface area contributed by atoms with E-state index >= 15 is 0 Å². The number of hydrogen-bond acceptors (Lipinski definition) is 3. The fraction of sp³-hybridized carbons (Fsp3) is 0. The molecule has 14 rings (SSSR count). The maximum absolute atomic E-state index is 6.98. The van der Waals surface area contributed by atoms with Crippen molar-refractivity contribution in [2.45, 2.75) is 0 Å². The minimum atomic E-state index is 0.842. The van der Waals surface area contributed by atoms with Crippen LogP contribution in [0.4, 0.5) is 17.1 Å². The monoisotopic (exact) mass is 868 g/mol. The second kappa shape index (κ2) is 15.2. The number of rotatable bonds is 7. The van der Waals surface area contributed by atoms with E-state index in [2.05, 4.69) is 240 Å². The number of benzene rings is 11. The lowest BCUT2D eigenvalue weighted by Gasteiger charge is -2.27. The van der Waals surface area contributed by atoms with Crippen molar-refractivity contribution in [2.24, 2.45) is 0 Å². The van der Waals surface area contributed by atoms with Gasteiger partial charge in [-0.3, -0.25) is 0 Å². The number of nitrogens with zero attached hydrogens (tertiary/aromatic N) is 2. The van der Waals surface area contributed by atoms with E-state index in [0.29, 0.717) is 0 Å². The van der Waals surface area contributed by atoms with Gasteiger partial charge in [-0.1, -0.05) is 164 Å². The fourth-order valence-corrected chi connectivity index (χ4v) is 10.6. The van der Waals surface area contributed by atoms with E-state index in [-0.39, 0.29) is 0 Å². The molecular formula is C64H40N2O2. The van der Waals surface area contributed by atoms with Gasteiger partial charge in [-0.2, -0.15) is 0 Å². The SMILES string of the molecule is c1cc(-c2ccc(N(c3ccc(-c4ccc5ccccc5c4)cc3)c3ccc(-c4cccc5c4oc4ccccc45)cc3)c3c2oc2ccccc23)cc(-n2c3ccccc3c3ccccc32)c1. The lowest BCUT2D eigenvalue weighted by Crippen LogP contribution is -2.10. The van der Waals surface area contributed by atoms with Gasteiger partial charge >= 0.3 is 0 Å². The smallest absolute Gasteiger partial charge is 0.145 e. The largest absolute Gasteiger partial charge is 0.455 e. The van der Waals surface area contributed by atoms with E-state index in [1.54, 1.807) is 0 Å². The molecule has 0 spiro atoms. The van der Waals surface area contributed by atoms with E-state index in [0.717, 1.165) is 94.4 Å². The van der Waals surface area contributed by atoms with Crippen LogP contribution in [-0.4, -0.2) is 4.57 Å². The van der Waals surface area contributed by atoms with Crippen LogP contribution in [0, 0.1) is 0 Å². The molecular weight excluding hydrogens is 829 g/mol. The van der Waals surface area contributed by atoms with Crippen LogP contribution < -0.4 is 4.90 Å². The maximum Gasteiger partial charge on any atom is 0.145 e. The van der Waals surface area contributed by atoms with E-state index < -0.39 is 0 Å². The third-order valence-electron chi connectivity index (χ3n) is 13.8. The summed E-state index contributed by atoms with van der Waals surface area (Å²) in [5.41, 5.74) is 16.6. The first-order valence-electron chi connectivity index (χ1n) is 23.2. The topological polar surface area (TPSA) is 34.5 Å². The van der Waals surface area contributed by atoms with Crippen LogP contribution in [0.1, 0.15) is 0 Å². The molecule has 0 saturated heterocycles. The number of anilines is 3. The highest BCUT2D eigenvalue weighted by Crippen LogP contribution is 2.47. The molecule has 3 aromatic heterocycles. The van der Waals surface area contributed by atoms with E-state index in [9.17, 15) is 0 Å². The summed E-state index contributed by atoms with van der Waals surface area (Å²) < 4.78 is 15.9. The van der Waals surface area contributed by atoms with Crippen LogP contribution in [0.2, 0.25) is 0 Å². The minimum Gasteiger partial charge on any atom is -0.455 e. The highest BCUT2D eigenvalue weighted by atomic mass is 16.3. The molecule has 0 radical (unpaired) electrons. The Labute approximate surface area is 391 Å². The molecule has 0 fully saturated rings. The van der Waals surface area contributed by atoms with Gasteiger partial charge in [0.2, 0.25) is 0 Å². The van der Waals surface area contributed by atoms with Crippen LogP contribution in [0.5, 0.6) is 0 Å². The number of aromatic nitrogens is 1. The first-order valence-corrected chi connectivity index (χ1v) is 23.2. The number of fused-ring (bicyclic) bond motifs is 10. The van der Waals surface area contributed by atoms with Gasteiger partial charge in [0.1, 0.15) is 22.3 Å². The molecule has 318 valence electrons. The molecule has 0 amide bonds. The van der Waals surface area contributed by atoms with Crippen molar-refractivity contribution in [1.82, 2.24) is 4.57 Å². The third-order valence-corrected chi connectivity index (χ3v) is 13.8. The Hall–Kier alpha value is -9.12. The second-order valence-electron chi connectivity index (χ2n) is 17.6. The summed E-state index contributed by atoms with van der Waals surface area (Å²) in [7, 11) is 0. The van der Waals surface area contributed by atoms with Crippen LogP contribution in [0.3, 0.4) is 0 Å². The highest BCUT2D eigenvalue weighted by molar-refractivity contribution is 6.17. The second-order valence-corrected chi connectivity index (χ2v) is 17.6. The molecule has 0 saturated carbocycles. The average Bonchev–Trinajstić information content (AvgIpc) is 4.10. The molecule has 0 atom stereocenters. The van der Waals surface area contributed by atoms with Gasteiger partial charge in [-0.15, -0.1) is 0 Å². The van der Waals surface area contributed by atoms with Crippen molar-refractivity contribution in [2.75, 3.05) is 4.90 Å². The normalized spacial score (nSPS) is 11.8. The predicted octanol–water partition coefficient (Wildman–Crippen LogP) is 18.2. The quantitative estimate of drug-likeness (QED) is 0.160. The van der Waals surface area contributed by atoms with Gasteiger partial charge in [0.25, 0.3) is 0 Å². The number of hydrogen-bond donors (Lipinski definition) is 0. The lowest BCUT2D eigenvalue weighted by atomic mass is 9.98. The Bertz CT molecular complexity index is 4210. The summed E-state index contributed by atoms with van der Waals surface area (Å²) in [4.78, 5) is 2.37. The van der Waals surface area contributed by atoms with E-state index in [1.165, 1.54) is 38.1 Å². The van der Waals surface area contributed by atoms with Gasteiger partial charge in [-0.05, 0) is 112 Å². The predicted molar refractivity (Wildman–Crippen MR) is 284 cm³/mol. The molecule has 4 heteroatoms. The number of para-hydroxylation sites is 5. The van der Waals surface area contributed by atoms with E-state index in [1.807, 2.05) is 12.1 Å². The summed E-state index contributed by atoms with van der Waals surface area (Å²) >= 11 is 0. The minimum absolute atomic E-state index is 0.842. The molecule has 0 N–H and O–H groups in total. The van der Waals surface area contributed by atoms with Gasteiger partial charge in [0.15, 0.2) is 0 Å². The molecule has 0 aliphatic heterocycles. The molecule has 3 heterocycles. The van der Waals surface area contributed by atoms with Crippen LogP contribution in [0.25, 0.3) is 116 Å². The van der Waals surface area contributed by atoms with Crippen molar-refractivity contribution >= 4 is 93.5 Å². The zero-order chi connectivity index (χ0) is 44.7. The van der Waals surface area contributed by atoms with Gasteiger partial charge in [0.05, 0.1) is 22.1 Å². The maximum atomic E-state index is 6.98. The van der Waals surface area contributed by atoms with Crippen molar-refractivity contribution in [3.8, 4) is 39.1 Å². The molecule has 11 aromatic carbocycles. The Kier molecular flexibility index (Phi) is 8.55. The standard InChI is InChI=1S/C64H40N2O2/c1-2-14-44-39-45(28-27-41(44)13-1)42-29-33-47(34-30-42)65(48-35-31-43(32-36-48)50-21-12-22-55-54-19-5-9-25-60(54)67-63(50)55)59-38-37-51(64-62(59)56-20-6-10-26-61(56)68-64)46-15-11-16-49(40-46)66-57-23-7-3-17-52(57)53-18-4-8-24-58(53)66/h1-40H. The Morgan fingerprint density at radius 2 is 0.882 bits per heavy atom. The third kappa shape index (κ3) is 6.01. The Morgan fingerprint density at radius 3 is 1.63 bits per heavy atom. The summed E-state index contributed by atoms with van der Waals surface area (Å²) in [5, 5.41) is 9.29. The van der Waals surface area contributed by atoms with E-state index in [4.69, 9.17) is 8.83 Å². The summed E-state index contributed by atoms with van der Waals surface area (Å²) in [6.07, 6.45) is 0. The molecule has 4 nitrogen and oxygen atoms in total. The van der Waals surface area contributed by atoms with Gasteiger partial charge in [-0.25, -0.2) is 0 Å². The first-order chi connectivity index (χ1) is 33.7. The number of furan rings is 2. The Balaban J connectivity index is 0.943. The zero-order valence-electron chi connectivity index (χ0n) is 36.8. The van der Waals surface area contributed by atoms with Crippen molar-refractivity contribution < 1.29 is 8.83 Å². The van der Waals surface area contributed by atoms with Crippen molar-refractivity contribution in [3.05, 3.63) is 243 Å². The van der Waals surface area contributed by atoms with Crippen LogP contribution in [-0.2, 0) is 0 Å². The van der Waals surface area contributed by atoms with Crippen LogP contribution in [0.15, 0.2) is 251 Å². The van der Waals surface area contributed by atoms with Gasteiger partial charge < -0.3 is 18.3 Å². The molecule has 0 aliphatic carbocycles. The Morgan fingerprint density at radius 1 is 0.324 bits per heavy atom. The van der Waals surface area contributed by atoms with Crippen LogP contribution >= 0.6 is 0 Å². The lowest BCUT2D eigenvalue weighted by molar-refractivity contribution is 0.669. The van der Waals surface area contributed by atoms with Gasteiger partial charge in [0, 0.05) is 55.1 Å². The molecule has 14 aromatic rings. The van der Waals surface area contributed by atoms with Crippen molar-refractivity contribution in [1.29, 1.82) is 0 Å². The molecule has 0 aliphatic rings. The van der Waals surface area contributed by atoms with Crippen molar-refractivity contribution in [3.63, 3.8) is 0 Å². The molecule has 68 heavy (non-hydrogen) atoms. The zero-order valence-corrected chi connectivity index (χ0v) is 36.8. The summed E-state index contributed by atoms with van der Waals surface area (Å²) in [6.45, 7) is 0. The molecule has 0 unspecified atom stereocenters. The summed E-state index contributed by atoms with van der Waals surface area (Å²) in [5.74, 6) is 0.